The second-order valence-corrected chi connectivity index (χ2v) is 10.0. The number of rotatable bonds is 6. The first-order chi connectivity index (χ1) is 12.9. The lowest BCUT2D eigenvalue weighted by Gasteiger charge is -2.30. The second kappa shape index (κ2) is 8.41. The molecule has 1 aliphatic heterocycles. The minimum atomic E-state index is -3.50. The van der Waals surface area contributed by atoms with E-state index in [9.17, 15) is 13.2 Å². The Morgan fingerprint density at radius 2 is 2.11 bits per heavy atom. The number of sulfonamides is 1. The number of amides is 1. The lowest BCUT2D eigenvalue weighted by atomic mass is 9.98. The second-order valence-electron chi connectivity index (χ2n) is 6.92. The number of piperidine rings is 1. The van der Waals surface area contributed by atoms with Crippen LogP contribution in [0.2, 0.25) is 0 Å². The zero-order valence-corrected chi connectivity index (χ0v) is 17.2. The molecule has 0 bridgehead atoms. The molecular formula is C19H25N3O3S2. The van der Waals surface area contributed by atoms with Crippen molar-refractivity contribution < 1.29 is 13.2 Å². The third-order valence-corrected chi connectivity index (χ3v) is 7.98. The van der Waals surface area contributed by atoms with Crippen LogP contribution in [0.3, 0.4) is 0 Å². The van der Waals surface area contributed by atoms with Crippen LogP contribution in [-0.2, 0) is 21.4 Å². The number of carbonyl (C=O) groups is 1. The van der Waals surface area contributed by atoms with Gasteiger partial charge < -0.3 is 10.2 Å². The van der Waals surface area contributed by atoms with Crippen LogP contribution in [0.15, 0.2) is 46.0 Å². The summed E-state index contributed by atoms with van der Waals surface area (Å²) in [6, 6.07) is 11.3. The molecule has 1 fully saturated rings. The Hall–Kier alpha value is -1.90. The summed E-state index contributed by atoms with van der Waals surface area (Å²) < 4.78 is 27.2. The van der Waals surface area contributed by atoms with Gasteiger partial charge in [-0.05, 0) is 42.0 Å². The van der Waals surface area contributed by atoms with Crippen LogP contribution in [0, 0.1) is 5.92 Å². The molecule has 6 nitrogen and oxygen atoms in total. The van der Waals surface area contributed by atoms with Crippen LogP contribution in [0.5, 0.6) is 0 Å². The molecule has 0 aliphatic carbocycles. The summed E-state index contributed by atoms with van der Waals surface area (Å²) in [7, 11) is 0.448. The van der Waals surface area contributed by atoms with E-state index in [1.54, 1.807) is 17.5 Å². The predicted molar refractivity (Wildman–Crippen MR) is 108 cm³/mol. The molecule has 0 spiro atoms. The molecule has 146 valence electrons. The van der Waals surface area contributed by atoms with Crippen molar-refractivity contribution in [3.8, 4) is 0 Å². The third kappa shape index (κ3) is 4.69. The van der Waals surface area contributed by atoms with Crippen molar-refractivity contribution in [2.75, 3.05) is 32.1 Å². The lowest BCUT2D eigenvalue weighted by molar-refractivity contribution is -0.126. The van der Waals surface area contributed by atoms with E-state index in [4.69, 9.17) is 0 Å². The molecule has 1 N–H and O–H groups in total. The Morgan fingerprint density at radius 1 is 1.30 bits per heavy atom. The van der Waals surface area contributed by atoms with E-state index in [0.717, 1.165) is 11.3 Å². The Kier molecular flexibility index (Phi) is 6.18. The fraction of sp³-hybridized carbons (Fsp3) is 0.421. The van der Waals surface area contributed by atoms with Crippen molar-refractivity contribution in [3.05, 3.63) is 47.3 Å². The zero-order chi connectivity index (χ0) is 19.4. The van der Waals surface area contributed by atoms with Gasteiger partial charge in [-0.1, -0.05) is 18.2 Å². The van der Waals surface area contributed by atoms with Gasteiger partial charge in [-0.15, -0.1) is 11.3 Å². The first-order valence-corrected chi connectivity index (χ1v) is 11.3. The van der Waals surface area contributed by atoms with E-state index in [2.05, 4.69) is 5.32 Å². The SMILES string of the molecule is CN(C)c1cccc(CNC(=O)C2CCCN(S(=O)(=O)c3cccs3)C2)c1. The van der Waals surface area contributed by atoms with E-state index in [0.29, 0.717) is 30.1 Å². The van der Waals surface area contributed by atoms with Crippen molar-refractivity contribution in [1.29, 1.82) is 0 Å². The van der Waals surface area contributed by atoms with Crippen LogP contribution >= 0.6 is 11.3 Å². The number of hydrogen-bond donors (Lipinski definition) is 1. The fourth-order valence-corrected chi connectivity index (χ4v) is 5.86. The quantitative estimate of drug-likeness (QED) is 0.799. The van der Waals surface area contributed by atoms with Crippen molar-refractivity contribution in [2.45, 2.75) is 23.6 Å². The number of thiophene rings is 1. The number of carbonyl (C=O) groups excluding carboxylic acids is 1. The number of benzene rings is 1. The van der Waals surface area contributed by atoms with Gasteiger partial charge in [-0.25, -0.2) is 8.42 Å². The Balaban J connectivity index is 1.61. The summed E-state index contributed by atoms with van der Waals surface area (Å²) in [4.78, 5) is 14.6. The Morgan fingerprint density at radius 3 is 2.81 bits per heavy atom. The summed E-state index contributed by atoms with van der Waals surface area (Å²) in [5, 5.41) is 4.72. The molecule has 2 heterocycles. The molecule has 1 aromatic carbocycles. The van der Waals surface area contributed by atoms with Gasteiger partial charge in [0.25, 0.3) is 10.0 Å². The summed E-state index contributed by atoms with van der Waals surface area (Å²) in [6.07, 6.45) is 1.40. The average molecular weight is 408 g/mol. The molecule has 2 aromatic rings. The normalized spacial score (nSPS) is 18.2. The van der Waals surface area contributed by atoms with Crippen molar-refractivity contribution in [1.82, 2.24) is 9.62 Å². The lowest BCUT2D eigenvalue weighted by Crippen LogP contribution is -2.45. The average Bonchev–Trinajstić information content (AvgIpc) is 3.22. The van der Waals surface area contributed by atoms with E-state index >= 15 is 0 Å². The van der Waals surface area contributed by atoms with E-state index in [1.807, 2.05) is 43.3 Å². The summed E-state index contributed by atoms with van der Waals surface area (Å²) >= 11 is 1.21. The van der Waals surface area contributed by atoms with Crippen molar-refractivity contribution >= 4 is 33.0 Å². The first kappa shape index (κ1) is 19.9. The summed E-state index contributed by atoms with van der Waals surface area (Å²) in [6.45, 7) is 1.15. The molecule has 8 heteroatoms. The third-order valence-electron chi connectivity index (χ3n) is 4.74. The molecule has 1 unspecified atom stereocenters. The van der Waals surface area contributed by atoms with Crippen LogP contribution in [0.1, 0.15) is 18.4 Å². The molecule has 0 saturated carbocycles. The first-order valence-electron chi connectivity index (χ1n) is 8.95. The van der Waals surface area contributed by atoms with Gasteiger partial charge in [0.05, 0.1) is 5.92 Å². The van der Waals surface area contributed by atoms with Gasteiger partial charge in [0, 0.05) is 39.4 Å². The molecule has 1 aromatic heterocycles. The van der Waals surface area contributed by atoms with Gasteiger partial charge in [0.1, 0.15) is 4.21 Å². The molecule has 1 amide bonds. The van der Waals surface area contributed by atoms with Crippen LogP contribution in [-0.4, -0.2) is 45.8 Å². The maximum atomic E-state index is 12.7. The molecule has 0 radical (unpaired) electrons. The zero-order valence-electron chi connectivity index (χ0n) is 15.6. The number of nitrogens with zero attached hydrogens (tertiary/aromatic N) is 2. The molecule has 27 heavy (non-hydrogen) atoms. The number of hydrogen-bond acceptors (Lipinski definition) is 5. The Labute approximate surface area is 164 Å². The smallest absolute Gasteiger partial charge is 0.252 e. The fourth-order valence-electron chi connectivity index (χ4n) is 3.19. The highest BCUT2D eigenvalue weighted by Crippen LogP contribution is 2.26. The van der Waals surface area contributed by atoms with E-state index in [-0.39, 0.29) is 18.4 Å². The number of anilines is 1. The molecule has 1 saturated heterocycles. The van der Waals surface area contributed by atoms with Crippen molar-refractivity contribution in [3.63, 3.8) is 0 Å². The van der Waals surface area contributed by atoms with Crippen LogP contribution in [0.25, 0.3) is 0 Å². The Bertz CT molecular complexity index is 879. The van der Waals surface area contributed by atoms with E-state index in [1.165, 1.54) is 15.6 Å². The molecule has 1 aliphatic rings. The topological polar surface area (TPSA) is 69.7 Å². The highest BCUT2D eigenvalue weighted by Gasteiger charge is 2.33. The highest BCUT2D eigenvalue weighted by molar-refractivity contribution is 7.91. The monoisotopic (exact) mass is 407 g/mol. The molecule has 1 atom stereocenters. The summed E-state index contributed by atoms with van der Waals surface area (Å²) in [5.74, 6) is -0.401. The number of nitrogens with one attached hydrogen (secondary N) is 1. The van der Waals surface area contributed by atoms with Crippen LogP contribution < -0.4 is 10.2 Å². The van der Waals surface area contributed by atoms with Crippen LogP contribution in [0.4, 0.5) is 5.69 Å². The molecule has 3 rings (SSSR count). The predicted octanol–water partition coefficient (Wildman–Crippen LogP) is 2.53. The minimum absolute atomic E-state index is 0.0867. The largest absolute Gasteiger partial charge is 0.378 e. The van der Waals surface area contributed by atoms with Gasteiger partial charge in [-0.3, -0.25) is 4.79 Å². The van der Waals surface area contributed by atoms with Gasteiger partial charge in [0.2, 0.25) is 5.91 Å². The van der Waals surface area contributed by atoms with Crippen molar-refractivity contribution in [2.24, 2.45) is 5.92 Å². The minimum Gasteiger partial charge on any atom is -0.378 e. The summed E-state index contributed by atoms with van der Waals surface area (Å²) in [5.41, 5.74) is 2.10. The van der Waals surface area contributed by atoms with E-state index < -0.39 is 10.0 Å². The van der Waals surface area contributed by atoms with Gasteiger partial charge in [-0.2, -0.15) is 4.31 Å². The maximum absolute atomic E-state index is 12.7. The molecular weight excluding hydrogens is 382 g/mol. The van der Waals surface area contributed by atoms with Gasteiger partial charge in [0.15, 0.2) is 0 Å². The van der Waals surface area contributed by atoms with Gasteiger partial charge >= 0.3 is 0 Å². The highest BCUT2D eigenvalue weighted by atomic mass is 32.2. The maximum Gasteiger partial charge on any atom is 0.252 e. The standard InChI is InChI=1S/C19H25N3O3S2/c1-21(2)17-8-3-6-15(12-17)13-20-19(23)16-7-4-10-22(14-16)27(24,25)18-9-5-11-26-18/h3,5-6,8-9,11-12,16H,4,7,10,13-14H2,1-2H3,(H,20,23).